The van der Waals surface area contributed by atoms with Crippen molar-refractivity contribution >= 4 is 27.2 Å². The Hall–Kier alpha value is -1.77. The molecule has 0 amide bonds. The van der Waals surface area contributed by atoms with Crippen molar-refractivity contribution in [1.82, 2.24) is 10.0 Å². The lowest BCUT2D eigenvalue weighted by atomic mass is 9.79. The summed E-state index contributed by atoms with van der Waals surface area (Å²) in [5, 5.41) is 7.06. The van der Waals surface area contributed by atoms with Crippen LogP contribution < -0.4 is 10.0 Å². The smallest absolute Gasteiger partial charge is 0.241 e. The lowest BCUT2D eigenvalue weighted by Gasteiger charge is -2.29. The van der Waals surface area contributed by atoms with Crippen LogP contribution >= 0.6 is 11.3 Å². The first-order chi connectivity index (χ1) is 15.5. The molecule has 0 saturated heterocycles. The van der Waals surface area contributed by atoms with E-state index in [-0.39, 0.29) is 5.82 Å². The van der Waals surface area contributed by atoms with Crippen molar-refractivity contribution in [1.29, 1.82) is 0 Å². The molecule has 0 unspecified atom stereocenters. The predicted molar refractivity (Wildman–Crippen MR) is 126 cm³/mol. The monoisotopic (exact) mass is 475 g/mol. The second-order valence-electron chi connectivity index (χ2n) is 9.41. The molecule has 172 valence electrons. The molecule has 5 nitrogen and oxygen atoms in total. The van der Waals surface area contributed by atoms with Crippen molar-refractivity contribution in [3.05, 3.63) is 52.0 Å². The largest absolute Gasteiger partial charge is 0.374 e. The first-order valence-corrected chi connectivity index (χ1v) is 14.0. The Balaban J connectivity index is 1.07. The van der Waals surface area contributed by atoms with E-state index in [0.717, 1.165) is 62.9 Å². The topological polar surface area (TPSA) is 70.6 Å². The lowest BCUT2D eigenvalue weighted by Crippen LogP contribution is -2.34. The van der Waals surface area contributed by atoms with Gasteiger partial charge in [-0.2, -0.15) is 11.3 Å². The molecule has 1 saturated carbocycles. The molecule has 2 N–H and O–H groups in total. The van der Waals surface area contributed by atoms with Gasteiger partial charge >= 0.3 is 0 Å². The van der Waals surface area contributed by atoms with Gasteiger partial charge in [-0.15, -0.1) is 0 Å². The molecule has 1 aromatic carbocycles. The van der Waals surface area contributed by atoms with Crippen LogP contribution in [-0.4, -0.2) is 33.4 Å². The SMILES string of the molecule is O=S(=O)(NCC1CCC(CNC2=N[C@@H]3CCc4cc(F)ccc4[C@@H]3C2)CC1)c1ccsc1. The first-order valence-electron chi connectivity index (χ1n) is 11.6. The lowest BCUT2D eigenvalue weighted by molar-refractivity contribution is 0.275. The zero-order valence-electron chi connectivity index (χ0n) is 18.1. The van der Waals surface area contributed by atoms with Crippen molar-refractivity contribution in [2.24, 2.45) is 16.8 Å². The summed E-state index contributed by atoms with van der Waals surface area (Å²) in [4.78, 5) is 5.31. The van der Waals surface area contributed by atoms with E-state index in [1.807, 2.05) is 6.07 Å². The van der Waals surface area contributed by atoms with Gasteiger partial charge in [0.1, 0.15) is 5.82 Å². The number of thiophene rings is 1. The number of nitrogens with one attached hydrogen (secondary N) is 2. The van der Waals surface area contributed by atoms with Crippen LogP contribution in [0.1, 0.15) is 55.6 Å². The van der Waals surface area contributed by atoms with Gasteiger partial charge in [0, 0.05) is 30.8 Å². The fraction of sp³-hybridized carbons (Fsp3) is 0.542. The Morgan fingerprint density at radius 1 is 1.06 bits per heavy atom. The fourth-order valence-corrected chi connectivity index (χ4v) is 7.61. The van der Waals surface area contributed by atoms with Gasteiger partial charge in [0.15, 0.2) is 0 Å². The molecule has 0 radical (unpaired) electrons. The average molecular weight is 476 g/mol. The second kappa shape index (κ2) is 9.23. The third-order valence-electron chi connectivity index (χ3n) is 7.34. The van der Waals surface area contributed by atoms with Crippen LogP contribution in [0.25, 0.3) is 0 Å². The van der Waals surface area contributed by atoms with E-state index in [1.165, 1.54) is 16.9 Å². The van der Waals surface area contributed by atoms with Crippen molar-refractivity contribution in [2.45, 2.75) is 61.8 Å². The number of benzene rings is 1. The highest BCUT2D eigenvalue weighted by atomic mass is 32.2. The van der Waals surface area contributed by atoms with Gasteiger partial charge in [0.25, 0.3) is 0 Å². The zero-order valence-corrected chi connectivity index (χ0v) is 19.7. The van der Waals surface area contributed by atoms with Gasteiger partial charge in [-0.3, -0.25) is 4.99 Å². The number of rotatable bonds is 6. The van der Waals surface area contributed by atoms with Gasteiger partial charge in [-0.25, -0.2) is 17.5 Å². The van der Waals surface area contributed by atoms with E-state index in [4.69, 9.17) is 4.99 Å². The minimum absolute atomic E-state index is 0.144. The molecule has 2 aromatic rings. The van der Waals surface area contributed by atoms with Gasteiger partial charge in [0.2, 0.25) is 10.0 Å². The summed E-state index contributed by atoms with van der Waals surface area (Å²) in [5.41, 5.74) is 2.42. The Morgan fingerprint density at radius 2 is 1.84 bits per heavy atom. The molecule has 32 heavy (non-hydrogen) atoms. The Labute approximate surface area is 193 Å². The van der Waals surface area contributed by atoms with E-state index in [9.17, 15) is 12.8 Å². The quantitative estimate of drug-likeness (QED) is 0.648. The molecule has 1 fully saturated rings. The number of nitrogens with zero attached hydrogens (tertiary/aromatic N) is 1. The molecule has 0 spiro atoms. The van der Waals surface area contributed by atoms with Crippen LogP contribution in [0, 0.1) is 17.7 Å². The summed E-state index contributed by atoms with van der Waals surface area (Å²) >= 11 is 1.40. The zero-order chi connectivity index (χ0) is 22.1. The van der Waals surface area contributed by atoms with Crippen LogP contribution in [0.15, 0.2) is 44.9 Å². The van der Waals surface area contributed by atoms with Crippen LogP contribution in [0.3, 0.4) is 0 Å². The highest BCUT2D eigenvalue weighted by Crippen LogP contribution is 2.40. The van der Waals surface area contributed by atoms with E-state index < -0.39 is 10.0 Å². The molecule has 2 atom stereocenters. The minimum Gasteiger partial charge on any atom is -0.374 e. The third-order valence-corrected chi connectivity index (χ3v) is 9.60. The average Bonchev–Trinajstić information content (AvgIpc) is 3.47. The van der Waals surface area contributed by atoms with Crippen LogP contribution in [-0.2, 0) is 16.4 Å². The maximum atomic E-state index is 13.6. The van der Waals surface area contributed by atoms with E-state index in [1.54, 1.807) is 29.0 Å². The number of aliphatic imine (C=N–C) groups is 1. The van der Waals surface area contributed by atoms with Gasteiger partial charge in [-0.1, -0.05) is 6.07 Å². The van der Waals surface area contributed by atoms with Crippen LogP contribution in [0.4, 0.5) is 4.39 Å². The number of hydrogen-bond acceptors (Lipinski definition) is 5. The van der Waals surface area contributed by atoms with Gasteiger partial charge in [0.05, 0.1) is 16.8 Å². The molecule has 5 rings (SSSR count). The van der Waals surface area contributed by atoms with Crippen LogP contribution in [0.2, 0.25) is 0 Å². The van der Waals surface area contributed by atoms with E-state index in [2.05, 4.69) is 10.0 Å². The standard InChI is InChI=1S/C24H30FN3O2S2/c25-19-6-7-21-18(11-19)5-8-23-22(21)12-24(28-23)26-13-16-1-3-17(4-2-16)14-27-32(29,30)20-9-10-31-15-20/h6-7,9-11,15-17,22-23,27H,1-5,8,12-14H2,(H,26,28)/t16?,17?,22-,23+/m0/s1. The molecule has 3 aliphatic rings. The van der Waals surface area contributed by atoms with Crippen molar-refractivity contribution in [3.8, 4) is 0 Å². The molecular formula is C24H30FN3O2S2. The predicted octanol–water partition coefficient (Wildman–Crippen LogP) is 4.46. The summed E-state index contributed by atoms with van der Waals surface area (Å²) in [6.07, 6.45) is 7.15. The Kier molecular flexibility index (Phi) is 6.36. The maximum Gasteiger partial charge on any atom is 0.241 e. The van der Waals surface area contributed by atoms with E-state index >= 15 is 0 Å². The number of amidine groups is 1. The molecule has 1 aromatic heterocycles. The normalized spacial score (nSPS) is 27.5. The van der Waals surface area contributed by atoms with Crippen LogP contribution in [0.5, 0.6) is 0 Å². The molecule has 1 aliphatic heterocycles. The first kappa shape index (κ1) is 22.0. The number of halogens is 1. The third kappa shape index (κ3) is 4.77. The Morgan fingerprint density at radius 3 is 2.59 bits per heavy atom. The maximum absolute atomic E-state index is 13.6. The fourth-order valence-electron chi connectivity index (χ4n) is 5.46. The number of aryl methyl sites for hydroxylation is 1. The van der Waals surface area contributed by atoms with Crippen molar-refractivity contribution < 1.29 is 12.8 Å². The summed E-state index contributed by atoms with van der Waals surface area (Å²) in [5.74, 6) is 2.35. The minimum atomic E-state index is -3.37. The van der Waals surface area contributed by atoms with Crippen molar-refractivity contribution in [2.75, 3.05) is 13.1 Å². The summed E-state index contributed by atoms with van der Waals surface area (Å²) in [6.45, 7) is 1.45. The number of sulfonamides is 1. The van der Waals surface area contributed by atoms with Crippen molar-refractivity contribution in [3.63, 3.8) is 0 Å². The van der Waals surface area contributed by atoms with E-state index in [0.29, 0.717) is 35.2 Å². The summed E-state index contributed by atoms with van der Waals surface area (Å²) < 4.78 is 41.0. The number of fused-ring (bicyclic) bond motifs is 3. The summed E-state index contributed by atoms with van der Waals surface area (Å²) in [6, 6.07) is 7.19. The van der Waals surface area contributed by atoms with Gasteiger partial charge < -0.3 is 5.32 Å². The molecule has 2 aliphatic carbocycles. The molecule has 0 bridgehead atoms. The summed E-state index contributed by atoms with van der Waals surface area (Å²) in [7, 11) is -3.37. The molecular weight excluding hydrogens is 445 g/mol. The highest BCUT2D eigenvalue weighted by Gasteiger charge is 2.35. The molecule has 2 heterocycles. The molecule has 8 heteroatoms. The number of hydrogen-bond donors (Lipinski definition) is 2. The van der Waals surface area contributed by atoms with Gasteiger partial charge in [-0.05, 0) is 85.1 Å². The second-order valence-corrected chi connectivity index (χ2v) is 12.0. The highest BCUT2D eigenvalue weighted by molar-refractivity contribution is 7.89. The Bertz CT molecular complexity index is 1080.